The minimum Gasteiger partial charge on any atom is -0.321 e. The summed E-state index contributed by atoms with van der Waals surface area (Å²) in [5.41, 5.74) is 0.670. The molecule has 0 N–H and O–H groups in total. The molecule has 0 saturated carbocycles. The first-order chi connectivity index (χ1) is 6.15. The van der Waals surface area contributed by atoms with Gasteiger partial charge in [0.25, 0.3) is 5.91 Å². The molecular weight excluding hydrogens is 299 g/mol. The largest absolute Gasteiger partial charge is 0.321 e. The molecule has 1 aliphatic rings. The minimum atomic E-state index is 0.0845. The topological polar surface area (TPSA) is 33.2 Å². The molecule has 2 rings (SSSR count). The highest BCUT2D eigenvalue weighted by Crippen LogP contribution is 2.41. The van der Waals surface area contributed by atoms with Gasteiger partial charge in [-0.2, -0.15) is 0 Å². The van der Waals surface area contributed by atoms with Gasteiger partial charge in [-0.25, -0.2) is 4.98 Å². The molecular formula is C8H9IN2OS. The van der Waals surface area contributed by atoms with Crippen molar-refractivity contribution in [3.05, 3.63) is 15.6 Å². The quantitative estimate of drug-likeness (QED) is 0.453. The Hall–Kier alpha value is -0.170. The van der Waals surface area contributed by atoms with Crippen LogP contribution in [0.1, 0.15) is 31.3 Å². The lowest BCUT2D eigenvalue weighted by Gasteiger charge is -2.17. The Morgan fingerprint density at radius 1 is 1.69 bits per heavy atom. The van der Waals surface area contributed by atoms with Crippen LogP contribution in [0.5, 0.6) is 0 Å². The number of halogens is 1. The summed E-state index contributed by atoms with van der Waals surface area (Å²) in [4.78, 5) is 18.9. The van der Waals surface area contributed by atoms with Crippen molar-refractivity contribution < 1.29 is 4.79 Å². The lowest BCUT2D eigenvalue weighted by atomic mass is 10.4. The van der Waals surface area contributed by atoms with Crippen LogP contribution in [0.3, 0.4) is 0 Å². The van der Waals surface area contributed by atoms with Crippen LogP contribution in [0.2, 0.25) is 0 Å². The molecule has 2 heterocycles. The number of hydrogen-bond acceptors (Lipinski definition) is 3. The smallest absolute Gasteiger partial charge is 0.274 e. The van der Waals surface area contributed by atoms with Crippen LogP contribution in [0.25, 0.3) is 0 Å². The van der Waals surface area contributed by atoms with Crippen molar-refractivity contribution >= 4 is 39.8 Å². The maximum absolute atomic E-state index is 11.7. The molecule has 0 bridgehead atoms. The van der Waals surface area contributed by atoms with Crippen molar-refractivity contribution in [3.8, 4) is 0 Å². The van der Waals surface area contributed by atoms with Crippen molar-refractivity contribution in [1.29, 1.82) is 0 Å². The predicted molar refractivity (Wildman–Crippen MR) is 60.3 cm³/mol. The number of aryl methyl sites for hydroxylation is 1. The molecule has 70 valence electrons. The SMILES string of the molecule is CCN1C(=O)c2nc(C)sc2C1I. The lowest BCUT2D eigenvalue weighted by molar-refractivity contribution is 0.0785. The Kier molecular flexibility index (Phi) is 2.31. The third-order valence-electron chi connectivity index (χ3n) is 2.05. The van der Waals surface area contributed by atoms with E-state index in [1.807, 2.05) is 18.7 Å². The predicted octanol–water partition coefficient (Wildman–Crippen LogP) is 2.36. The summed E-state index contributed by atoms with van der Waals surface area (Å²) < 4.78 is 0.191. The highest BCUT2D eigenvalue weighted by molar-refractivity contribution is 14.1. The van der Waals surface area contributed by atoms with Gasteiger partial charge >= 0.3 is 0 Å². The fraction of sp³-hybridized carbons (Fsp3) is 0.500. The summed E-state index contributed by atoms with van der Waals surface area (Å²) in [6.07, 6.45) is 0. The number of carbonyl (C=O) groups is 1. The summed E-state index contributed by atoms with van der Waals surface area (Å²) in [7, 11) is 0. The highest BCUT2D eigenvalue weighted by atomic mass is 127. The first-order valence-electron chi connectivity index (χ1n) is 4.07. The molecule has 0 fully saturated rings. The van der Waals surface area contributed by atoms with Crippen LogP contribution in [-0.4, -0.2) is 22.3 Å². The summed E-state index contributed by atoms with van der Waals surface area (Å²) in [5.74, 6) is 0.0845. The normalized spacial score (nSPS) is 21.0. The number of hydrogen-bond donors (Lipinski definition) is 0. The first kappa shape index (κ1) is 9.39. The van der Waals surface area contributed by atoms with Crippen molar-refractivity contribution in [2.75, 3.05) is 6.54 Å². The van der Waals surface area contributed by atoms with Gasteiger partial charge in [0.15, 0.2) is 0 Å². The number of nitrogens with zero attached hydrogens (tertiary/aromatic N) is 2. The molecule has 1 atom stereocenters. The highest BCUT2D eigenvalue weighted by Gasteiger charge is 2.37. The van der Waals surface area contributed by atoms with Crippen molar-refractivity contribution in [1.82, 2.24) is 9.88 Å². The number of amides is 1. The molecule has 0 radical (unpaired) electrons. The molecule has 13 heavy (non-hydrogen) atoms. The second kappa shape index (κ2) is 3.20. The summed E-state index contributed by atoms with van der Waals surface area (Å²) in [6.45, 7) is 4.69. The second-order valence-electron chi connectivity index (χ2n) is 2.87. The van der Waals surface area contributed by atoms with E-state index in [1.165, 1.54) is 0 Å². The maximum atomic E-state index is 11.7. The van der Waals surface area contributed by atoms with E-state index < -0.39 is 0 Å². The monoisotopic (exact) mass is 308 g/mol. The third-order valence-corrected chi connectivity index (χ3v) is 4.80. The Labute approximate surface area is 94.3 Å². The van der Waals surface area contributed by atoms with E-state index in [0.717, 1.165) is 16.4 Å². The molecule has 0 spiro atoms. The molecule has 3 nitrogen and oxygen atoms in total. The van der Waals surface area contributed by atoms with Gasteiger partial charge in [-0.3, -0.25) is 4.79 Å². The van der Waals surface area contributed by atoms with Crippen LogP contribution in [0.15, 0.2) is 0 Å². The fourth-order valence-corrected chi connectivity index (χ4v) is 3.67. The molecule has 5 heteroatoms. The van der Waals surface area contributed by atoms with Crippen molar-refractivity contribution in [2.24, 2.45) is 0 Å². The lowest BCUT2D eigenvalue weighted by Crippen LogP contribution is -2.25. The average Bonchev–Trinajstić information content (AvgIpc) is 2.55. The Balaban J connectivity index is 2.47. The van der Waals surface area contributed by atoms with Gasteiger partial charge in [0.05, 0.1) is 9.88 Å². The number of thiazole rings is 1. The molecule has 1 unspecified atom stereocenters. The van der Waals surface area contributed by atoms with E-state index in [0.29, 0.717) is 5.69 Å². The Morgan fingerprint density at radius 2 is 2.38 bits per heavy atom. The number of rotatable bonds is 1. The van der Waals surface area contributed by atoms with Gasteiger partial charge < -0.3 is 4.90 Å². The number of carbonyl (C=O) groups excluding carboxylic acids is 1. The molecule has 0 saturated heterocycles. The second-order valence-corrected chi connectivity index (χ2v) is 5.29. The summed E-state index contributed by atoms with van der Waals surface area (Å²) >= 11 is 3.92. The average molecular weight is 308 g/mol. The van der Waals surface area contributed by atoms with Crippen LogP contribution in [0, 0.1) is 6.92 Å². The first-order valence-corrected chi connectivity index (χ1v) is 6.13. The number of aromatic nitrogens is 1. The molecule has 1 aromatic rings. The third kappa shape index (κ3) is 1.28. The standard InChI is InChI=1S/C8H9IN2OS/c1-3-11-7(9)6-5(8(11)12)10-4(2)13-6/h7H,3H2,1-2H3. The van der Waals surface area contributed by atoms with E-state index >= 15 is 0 Å². The Morgan fingerprint density at radius 3 is 2.92 bits per heavy atom. The van der Waals surface area contributed by atoms with Crippen LogP contribution < -0.4 is 0 Å². The van der Waals surface area contributed by atoms with Crippen LogP contribution in [0.4, 0.5) is 0 Å². The zero-order valence-corrected chi connectivity index (χ0v) is 10.3. The summed E-state index contributed by atoms with van der Waals surface area (Å²) in [5, 5.41) is 0.982. The van der Waals surface area contributed by atoms with Gasteiger partial charge in [-0.15, -0.1) is 11.3 Å². The minimum absolute atomic E-state index is 0.0845. The summed E-state index contributed by atoms with van der Waals surface area (Å²) in [6, 6.07) is 0. The van der Waals surface area contributed by atoms with E-state index in [4.69, 9.17) is 0 Å². The van der Waals surface area contributed by atoms with Gasteiger partial charge in [-0.05, 0) is 13.8 Å². The molecule has 0 aliphatic carbocycles. The molecule has 1 aromatic heterocycles. The van der Waals surface area contributed by atoms with Gasteiger partial charge in [0.2, 0.25) is 0 Å². The van der Waals surface area contributed by atoms with Crippen LogP contribution in [-0.2, 0) is 0 Å². The maximum Gasteiger partial charge on any atom is 0.274 e. The number of fused-ring (bicyclic) bond motifs is 1. The van der Waals surface area contributed by atoms with Gasteiger partial charge in [0, 0.05) is 6.54 Å². The van der Waals surface area contributed by atoms with E-state index in [1.54, 1.807) is 11.3 Å². The van der Waals surface area contributed by atoms with E-state index in [2.05, 4.69) is 27.6 Å². The van der Waals surface area contributed by atoms with Gasteiger partial charge in [0.1, 0.15) is 9.74 Å². The molecule has 0 aromatic carbocycles. The fourth-order valence-electron chi connectivity index (χ4n) is 1.44. The van der Waals surface area contributed by atoms with Crippen LogP contribution >= 0.6 is 33.9 Å². The zero-order chi connectivity index (χ0) is 9.59. The van der Waals surface area contributed by atoms with E-state index in [-0.39, 0.29) is 9.96 Å². The van der Waals surface area contributed by atoms with Crippen molar-refractivity contribution in [3.63, 3.8) is 0 Å². The molecule has 1 aliphatic heterocycles. The molecule has 1 amide bonds. The van der Waals surface area contributed by atoms with Crippen molar-refractivity contribution in [2.45, 2.75) is 17.9 Å². The van der Waals surface area contributed by atoms with Gasteiger partial charge in [-0.1, -0.05) is 22.6 Å². The number of alkyl halides is 1. The van der Waals surface area contributed by atoms with E-state index in [9.17, 15) is 4.79 Å². The Bertz CT molecular complexity index is 363. The zero-order valence-electron chi connectivity index (χ0n) is 7.37.